The maximum atomic E-state index is 10.0. The van der Waals surface area contributed by atoms with Crippen LogP contribution in [0.5, 0.6) is 23.0 Å². The van der Waals surface area contributed by atoms with Crippen molar-refractivity contribution in [3.63, 3.8) is 0 Å². The van der Waals surface area contributed by atoms with Crippen molar-refractivity contribution in [2.45, 2.75) is 45.3 Å². The number of ether oxygens (including phenoxy) is 2. The van der Waals surface area contributed by atoms with E-state index in [0.29, 0.717) is 18.4 Å². The molecule has 1 saturated heterocycles. The van der Waals surface area contributed by atoms with Crippen molar-refractivity contribution in [2.75, 3.05) is 19.7 Å². The van der Waals surface area contributed by atoms with Crippen molar-refractivity contribution in [2.24, 2.45) is 0 Å². The number of fused-ring (bicyclic) bond motifs is 1. The maximum Gasteiger partial charge on any atom is 0.150 e. The number of hydrogen-bond acceptors (Lipinski definition) is 5. The molecule has 35 heavy (non-hydrogen) atoms. The first-order chi connectivity index (χ1) is 17.0. The monoisotopic (exact) mass is 471 g/mol. The Labute approximate surface area is 207 Å². The number of rotatable bonds is 6. The number of aromatic hydroxyl groups is 2. The second-order valence-corrected chi connectivity index (χ2v) is 9.59. The van der Waals surface area contributed by atoms with Crippen molar-refractivity contribution in [1.29, 1.82) is 0 Å². The Morgan fingerprint density at radius 1 is 0.914 bits per heavy atom. The maximum absolute atomic E-state index is 10.0. The van der Waals surface area contributed by atoms with E-state index in [1.807, 2.05) is 42.5 Å². The van der Waals surface area contributed by atoms with Crippen molar-refractivity contribution in [3.05, 3.63) is 83.4 Å². The van der Waals surface area contributed by atoms with Gasteiger partial charge in [0.25, 0.3) is 0 Å². The lowest BCUT2D eigenvalue weighted by atomic mass is 9.86. The first-order valence-corrected chi connectivity index (χ1v) is 12.5. The lowest BCUT2D eigenvalue weighted by Crippen LogP contribution is -2.40. The number of nitrogens with zero attached hydrogens (tertiary/aromatic N) is 1. The Hall–Kier alpha value is -3.44. The molecule has 0 aromatic heterocycles. The normalized spacial score (nSPS) is 19.1. The van der Waals surface area contributed by atoms with Gasteiger partial charge in [-0.25, -0.2) is 0 Å². The highest BCUT2D eigenvalue weighted by Gasteiger charge is 2.29. The minimum absolute atomic E-state index is 0.176. The number of piperidine rings is 1. The molecule has 0 bridgehead atoms. The molecule has 0 amide bonds. The van der Waals surface area contributed by atoms with Gasteiger partial charge < -0.3 is 19.7 Å². The molecule has 0 spiro atoms. The Kier molecular flexibility index (Phi) is 6.69. The smallest absolute Gasteiger partial charge is 0.150 e. The molecular weight excluding hydrogens is 438 g/mol. The van der Waals surface area contributed by atoms with Crippen LogP contribution in [0.4, 0.5) is 0 Å². The molecule has 5 nitrogen and oxygen atoms in total. The number of hydrogen-bond donors (Lipinski definition) is 2. The van der Waals surface area contributed by atoms with Gasteiger partial charge in [0.1, 0.15) is 35.7 Å². The van der Waals surface area contributed by atoms with Gasteiger partial charge in [0.15, 0.2) is 0 Å². The predicted octanol–water partition coefficient (Wildman–Crippen LogP) is 6.42. The van der Waals surface area contributed by atoms with Crippen LogP contribution in [0.25, 0.3) is 11.1 Å². The van der Waals surface area contributed by atoms with Crippen molar-refractivity contribution >= 4 is 11.1 Å². The third-order valence-corrected chi connectivity index (χ3v) is 7.15. The van der Waals surface area contributed by atoms with E-state index >= 15 is 0 Å². The van der Waals surface area contributed by atoms with Crippen LogP contribution >= 0.6 is 0 Å². The van der Waals surface area contributed by atoms with Crippen LogP contribution in [0.2, 0.25) is 0 Å². The van der Waals surface area contributed by atoms with Gasteiger partial charge >= 0.3 is 0 Å². The highest BCUT2D eigenvalue weighted by Crippen LogP contribution is 2.47. The molecule has 182 valence electrons. The number of allylic oxidation sites excluding steroid dienone is 1. The summed E-state index contributed by atoms with van der Waals surface area (Å²) in [6.45, 7) is 7.30. The van der Waals surface area contributed by atoms with Gasteiger partial charge in [-0.1, -0.05) is 30.7 Å². The molecule has 5 rings (SSSR count). The van der Waals surface area contributed by atoms with E-state index in [-0.39, 0.29) is 17.6 Å². The average Bonchev–Trinajstić information content (AvgIpc) is 2.88. The third kappa shape index (κ3) is 5.01. The summed E-state index contributed by atoms with van der Waals surface area (Å²) in [7, 11) is 0. The van der Waals surface area contributed by atoms with Crippen LogP contribution in [0.1, 0.15) is 55.9 Å². The van der Waals surface area contributed by atoms with E-state index in [4.69, 9.17) is 9.47 Å². The van der Waals surface area contributed by atoms with Crippen LogP contribution in [-0.4, -0.2) is 40.9 Å². The highest BCUT2D eigenvalue weighted by molar-refractivity contribution is 5.95. The fourth-order valence-electron chi connectivity index (χ4n) is 5.11. The molecule has 2 heterocycles. The van der Waals surface area contributed by atoms with Crippen LogP contribution in [0.15, 0.2) is 66.7 Å². The standard InChI is InChI=1S/C30H33NO4/c1-20(31-16-4-3-5-17-31)19-34-26-13-8-23(9-14-26)30-29(22-6-10-24(32)11-7-22)21(2)27-15-12-25(33)18-28(27)35-30/h6-15,18,20,30,32-33H,3-5,16-17,19H2,1-2H3. The lowest BCUT2D eigenvalue weighted by Gasteiger charge is -2.32. The second kappa shape index (κ2) is 10.0. The first kappa shape index (κ1) is 23.3. The zero-order valence-electron chi connectivity index (χ0n) is 20.4. The van der Waals surface area contributed by atoms with Crippen LogP contribution in [0.3, 0.4) is 0 Å². The number of benzene rings is 3. The average molecular weight is 472 g/mol. The summed E-state index contributed by atoms with van der Waals surface area (Å²) in [5, 5.41) is 19.8. The van der Waals surface area contributed by atoms with Gasteiger partial charge in [-0.3, -0.25) is 4.90 Å². The summed E-state index contributed by atoms with van der Waals surface area (Å²) in [5.74, 6) is 1.91. The molecule has 2 N–H and O–H groups in total. The molecule has 0 radical (unpaired) electrons. The molecule has 0 aliphatic carbocycles. The molecule has 0 saturated carbocycles. The summed E-state index contributed by atoms with van der Waals surface area (Å²) in [6, 6.07) is 20.9. The molecule has 3 aromatic rings. The van der Waals surface area contributed by atoms with E-state index in [2.05, 4.69) is 18.7 Å². The van der Waals surface area contributed by atoms with Gasteiger partial charge in [-0.05, 0) is 92.9 Å². The largest absolute Gasteiger partial charge is 0.508 e. The highest BCUT2D eigenvalue weighted by atomic mass is 16.5. The topological polar surface area (TPSA) is 62.2 Å². The Bertz CT molecular complexity index is 1190. The zero-order chi connectivity index (χ0) is 24.4. The lowest BCUT2D eigenvalue weighted by molar-refractivity contribution is 0.125. The summed E-state index contributed by atoms with van der Waals surface area (Å²) in [6.07, 6.45) is 3.53. The number of likely N-dealkylation sites (tertiary alicyclic amines) is 1. The molecule has 2 atom stereocenters. The zero-order valence-corrected chi connectivity index (χ0v) is 20.4. The SMILES string of the molecule is CC1=C(c2ccc(O)cc2)C(c2ccc(OCC(C)N3CCCCC3)cc2)Oc2cc(O)ccc21. The Morgan fingerprint density at radius 3 is 2.31 bits per heavy atom. The summed E-state index contributed by atoms with van der Waals surface area (Å²) in [4.78, 5) is 2.51. The predicted molar refractivity (Wildman–Crippen MR) is 139 cm³/mol. The quantitative estimate of drug-likeness (QED) is 0.435. The second-order valence-electron chi connectivity index (χ2n) is 9.59. The number of phenols is 2. The van der Waals surface area contributed by atoms with Gasteiger partial charge in [-0.15, -0.1) is 0 Å². The van der Waals surface area contributed by atoms with E-state index in [9.17, 15) is 10.2 Å². The number of phenolic OH excluding ortho intramolecular Hbond substituents is 2. The van der Waals surface area contributed by atoms with E-state index in [0.717, 1.165) is 46.7 Å². The summed E-state index contributed by atoms with van der Waals surface area (Å²) < 4.78 is 12.6. The molecular formula is C30H33NO4. The molecule has 2 aliphatic heterocycles. The fraction of sp³-hybridized carbons (Fsp3) is 0.333. The van der Waals surface area contributed by atoms with Gasteiger partial charge in [-0.2, -0.15) is 0 Å². The molecule has 2 aliphatic rings. The molecule has 3 aromatic carbocycles. The van der Waals surface area contributed by atoms with E-state index in [1.54, 1.807) is 24.3 Å². The minimum atomic E-state index is -0.352. The molecule has 1 fully saturated rings. The Balaban J connectivity index is 1.40. The van der Waals surface area contributed by atoms with Crippen molar-refractivity contribution < 1.29 is 19.7 Å². The fourth-order valence-corrected chi connectivity index (χ4v) is 5.11. The van der Waals surface area contributed by atoms with Gasteiger partial charge in [0.2, 0.25) is 0 Å². The first-order valence-electron chi connectivity index (χ1n) is 12.5. The van der Waals surface area contributed by atoms with Crippen LogP contribution < -0.4 is 9.47 Å². The summed E-state index contributed by atoms with van der Waals surface area (Å²) in [5.41, 5.74) is 5.06. The van der Waals surface area contributed by atoms with E-state index in [1.165, 1.54) is 19.3 Å². The minimum Gasteiger partial charge on any atom is -0.508 e. The van der Waals surface area contributed by atoms with Gasteiger partial charge in [0, 0.05) is 23.2 Å². The Morgan fingerprint density at radius 2 is 1.60 bits per heavy atom. The van der Waals surface area contributed by atoms with Gasteiger partial charge in [0.05, 0.1) is 0 Å². The summed E-state index contributed by atoms with van der Waals surface area (Å²) >= 11 is 0. The van der Waals surface area contributed by atoms with E-state index < -0.39 is 0 Å². The van der Waals surface area contributed by atoms with Crippen molar-refractivity contribution in [1.82, 2.24) is 4.90 Å². The van der Waals surface area contributed by atoms with Crippen LogP contribution in [0, 0.1) is 0 Å². The van der Waals surface area contributed by atoms with Crippen molar-refractivity contribution in [3.8, 4) is 23.0 Å². The third-order valence-electron chi connectivity index (χ3n) is 7.15. The van der Waals surface area contributed by atoms with Crippen LogP contribution in [-0.2, 0) is 0 Å². The molecule has 5 heteroatoms. The molecule has 2 unspecified atom stereocenters.